The van der Waals surface area contributed by atoms with Crippen LogP contribution >= 0.6 is 27.5 Å². The summed E-state index contributed by atoms with van der Waals surface area (Å²) in [4.78, 5) is 2.66. The van der Waals surface area contributed by atoms with E-state index >= 15 is 0 Å². The fraction of sp³-hybridized carbons (Fsp3) is 0.143. The van der Waals surface area contributed by atoms with Crippen LogP contribution in [0.5, 0.6) is 5.75 Å². The topological polar surface area (TPSA) is 58.0 Å². The molecule has 0 aliphatic carbocycles. The fourth-order valence-electron chi connectivity index (χ4n) is 0.799. The van der Waals surface area contributed by atoms with Crippen LogP contribution in [0.4, 0.5) is 5.69 Å². The van der Waals surface area contributed by atoms with Crippen LogP contribution in [0.3, 0.4) is 0 Å². The van der Waals surface area contributed by atoms with E-state index in [1.165, 1.54) is 13.2 Å². The average Bonchev–Trinajstić information content (AvgIpc) is 2.11. The predicted molar refractivity (Wildman–Crippen MR) is 54.5 cm³/mol. The van der Waals surface area contributed by atoms with Gasteiger partial charge >= 0.3 is 0 Å². The number of ether oxygens (including phenoxy) is 1. The highest BCUT2D eigenvalue weighted by molar-refractivity contribution is 9.10. The summed E-state index contributed by atoms with van der Waals surface area (Å²) in [5.41, 5.74) is 8.66. The molecule has 0 aliphatic rings. The molecule has 0 saturated carbocycles. The lowest BCUT2D eigenvalue weighted by molar-refractivity contribution is 0.415. The molecule has 6 heteroatoms. The monoisotopic (exact) mass is 261 g/mol. The van der Waals surface area contributed by atoms with Gasteiger partial charge in [-0.3, -0.25) is 0 Å². The van der Waals surface area contributed by atoms with Crippen LogP contribution < -0.4 is 4.74 Å². The second-order valence-electron chi connectivity index (χ2n) is 2.13. The Balaban J connectivity index is 3.27. The van der Waals surface area contributed by atoms with Crippen molar-refractivity contribution in [3.63, 3.8) is 0 Å². The minimum Gasteiger partial charge on any atom is -0.495 e. The molecule has 0 saturated heterocycles. The van der Waals surface area contributed by atoms with Crippen molar-refractivity contribution in [2.24, 2.45) is 5.11 Å². The third kappa shape index (κ3) is 2.28. The highest BCUT2D eigenvalue weighted by Crippen LogP contribution is 2.35. The van der Waals surface area contributed by atoms with E-state index in [0.29, 0.717) is 20.9 Å². The van der Waals surface area contributed by atoms with E-state index < -0.39 is 0 Å². The molecule has 1 aromatic rings. The normalized spacial score (nSPS) is 9.15. The predicted octanol–water partition coefficient (Wildman–Crippen LogP) is 4.05. The van der Waals surface area contributed by atoms with Gasteiger partial charge in [-0.15, -0.1) is 0 Å². The van der Waals surface area contributed by atoms with Gasteiger partial charge in [0.25, 0.3) is 0 Å². The van der Waals surface area contributed by atoms with Crippen molar-refractivity contribution in [3.8, 4) is 5.75 Å². The number of methoxy groups -OCH3 is 1. The molecule has 0 amide bonds. The lowest BCUT2D eigenvalue weighted by atomic mass is 10.3. The molecule has 0 unspecified atom stereocenters. The Bertz CT molecular complexity index is 376. The second-order valence-corrected chi connectivity index (χ2v) is 3.39. The quantitative estimate of drug-likeness (QED) is 0.450. The highest BCUT2D eigenvalue weighted by atomic mass is 79.9. The van der Waals surface area contributed by atoms with Crippen LogP contribution in [-0.2, 0) is 0 Å². The van der Waals surface area contributed by atoms with Crippen molar-refractivity contribution in [1.29, 1.82) is 0 Å². The van der Waals surface area contributed by atoms with Crippen LogP contribution in [-0.4, -0.2) is 7.11 Å². The van der Waals surface area contributed by atoms with Crippen LogP contribution in [0.2, 0.25) is 5.02 Å². The first-order valence-corrected chi connectivity index (χ1v) is 4.44. The molecule has 0 N–H and O–H groups in total. The van der Waals surface area contributed by atoms with Gasteiger partial charge in [-0.05, 0) is 17.7 Å². The molecular formula is C7H5BrClN3O. The first kappa shape index (κ1) is 10.2. The molecular weight excluding hydrogens is 257 g/mol. The van der Waals surface area contributed by atoms with Crippen LogP contribution in [0.25, 0.3) is 10.4 Å². The third-order valence-corrected chi connectivity index (χ3v) is 2.30. The van der Waals surface area contributed by atoms with E-state index in [1.54, 1.807) is 6.07 Å². The zero-order valence-corrected chi connectivity index (χ0v) is 9.00. The number of nitrogens with zero attached hydrogens (tertiary/aromatic N) is 3. The summed E-state index contributed by atoms with van der Waals surface area (Å²) < 4.78 is 5.61. The first-order chi connectivity index (χ1) is 6.19. The molecule has 0 aliphatic heterocycles. The molecule has 0 fully saturated rings. The van der Waals surface area contributed by atoms with Crippen molar-refractivity contribution in [1.82, 2.24) is 0 Å². The van der Waals surface area contributed by atoms with Gasteiger partial charge in [0.15, 0.2) is 0 Å². The third-order valence-electron chi connectivity index (χ3n) is 1.37. The maximum atomic E-state index is 8.22. The van der Waals surface area contributed by atoms with E-state index in [0.717, 1.165) is 0 Å². The van der Waals surface area contributed by atoms with Gasteiger partial charge in [0.2, 0.25) is 0 Å². The summed E-state index contributed by atoms with van der Waals surface area (Å²) in [6.45, 7) is 0. The Morgan fingerprint density at radius 1 is 1.62 bits per heavy atom. The van der Waals surface area contributed by atoms with E-state index in [1.807, 2.05) is 0 Å². The van der Waals surface area contributed by atoms with E-state index in [-0.39, 0.29) is 0 Å². The number of azide groups is 1. The highest BCUT2D eigenvalue weighted by Gasteiger charge is 2.05. The van der Waals surface area contributed by atoms with Gasteiger partial charge in [0, 0.05) is 9.38 Å². The zero-order valence-electron chi connectivity index (χ0n) is 6.66. The van der Waals surface area contributed by atoms with Gasteiger partial charge in [0.05, 0.1) is 17.8 Å². The van der Waals surface area contributed by atoms with E-state index in [2.05, 4.69) is 26.0 Å². The summed E-state index contributed by atoms with van der Waals surface area (Å²) >= 11 is 9.03. The van der Waals surface area contributed by atoms with Crippen molar-refractivity contribution in [2.45, 2.75) is 0 Å². The number of benzene rings is 1. The summed E-state index contributed by atoms with van der Waals surface area (Å²) in [7, 11) is 1.51. The Labute approximate surface area is 88.2 Å². The maximum absolute atomic E-state index is 8.22. The van der Waals surface area contributed by atoms with Crippen molar-refractivity contribution >= 4 is 33.2 Å². The first-order valence-electron chi connectivity index (χ1n) is 3.27. The van der Waals surface area contributed by atoms with Crippen LogP contribution in [0, 0.1) is 0 Å². The second kappa shape index (κ2) is 4.37. The fourth-order valence-corrected chi connectivity index (χ4v) is 1.44. The number of rotatable bonds is 2. The van der Waals surface area contributed by atoms with Gasteiger partial charge in [-0.1, -0.05) is 32.6 Å². The zero-order chi connectivity index (χ0) is 9.84. The van der Waals surface area contributed by atoms with Crippen molar-refractivity contribution < 1.29 is 4.74 Å². The van der Waals surface area contributed by atoms with Crippen LogP contribution in [0.15, 0.2) is 21.7 Å². The molecule has 68 valence electrons. The SMILES string of the molecule is COc1cc(Br)c(N=[N+]=[N-])cc1Cl. The Kier molecular flexibility index (Phi) is 3.42. The molecule has 1 aromatic carbocycles. The number of hydrogen-bond donors (Lipinski definition) is 0. The Morgan fingerprint density at radius 2 is 2.31 bits per heavy atom. The largest absolute Gasteiger partial charge is 0.495 e. The minimum atomic E-state index is 0.410. The standard InChI is InChI=1S/C7H5BrClN3O/c1-13-7-2-4(8)6(11-12-10)3-5(7)9/h2-3H,1H3. The van der Waals surface area contributed by atoms with E-state index in [9.17, 15) is 0 Å². The molecule has 0 heterocycles. The maximum Gasteiger partial charge on any atom is 0.138 e. The molecule has 0 aromatic heterocycles. The molecule has 0 bridgehead atoms. The Hall–Kier alpha value is -0.900. The summed E-state index contributed by atoms with van der Waals surface area (Å²) in [6.07, 6.45) is 0. The summed E-state index contributed by atoms with van der Waals surface area (Å²) in [5.74, 6) is 0.533. The number of halogens is 2. The lowest BCUT2D eigenvalue weighted by Crippen LogP contribution is -1.83. The van der Waals surface area contributed by atoms with Gasteiger partial charge in [-0.25, -0.2) is 0 Å². The Morgan fingerprint density at radius 3 is 2.85 bits per heavy atom. The smallest absolute Gasteiger partial charge is 0.138 e. The molecule has 4 nitrogen and oxygen atoms in total. The number of hydrogen-bond acceptors (Lipinski definition) is 2. The van der Waals surface area contributed by atoms with Gasteiger partial charge < -0.3 is 4.74 Å². The van der Waals surface area contributed by atoms with Crippen molar-refractivity contribution in [2.75, 3.05) is 7.11 Å². The minimum absolute atomic E-state index is 0.410. The van der Waals surface area contributed by atoms with Crippen LogP contribution in [0.1, 0.15) is 0 Å². The van der Waals surface area contributed by atoms with Gasteiger partial charge in [0.1, 0.15) is 5.75 Å². The van der Waals surface area contributed by atoms with E-state index in [4.69, 9.17) is 21.9 Å². The van der Waals surface area contributed by atoms with Gasteiger partial charge in [-0.2, -0.15) is 0 Å². The molecule has 0 spiro atoms. The molecule has 0 radical (unpaired) electrons. The lowest BCUT2D eigenvalue weighted by Gasteiger charge is -2.04. The molecule has 13 heavy (non-hydrogen) atoms. The van der Waals surface area contributed by atoms with Crippen molar-refractivity contribution in [3.05, 3.63) is 32.1 Å². The molecule has 1 rings (SSSR count). The average molecular weight is 262 g/mol. The molecule has 0 atom stereocenters. The summed E-state index contributed by atoms with van der Waals surface area (Å²) in [5, 5.41) is 3.85. The summed E-state index contributed by atoms with van der Waals surface area (Å²) in [6, 6.07) is 3.18.